The molecule has 1 amide bonds. The number of amides is 1. The van der Waals surface area contributed by atoms with Crippen LogP contribution in [-0.4, -0.2) is 184 Å². The van der Waals surface area contributed by atoms with Gasteiger partial charge in [0, 0.05) is 89.5 Å². The topological polar surface area (TPSA) is 250 Å². The van der Waals surface area contributed by atoms with Crippen LogP contribution < -0.4 is 10.6 Å². The normalized spacial score (nSPS) is 38.6. The van der Waals surface area contributed by atoms with Gasteiger partial charge >= 0.3 is 5.97 Å². The molecule has 20 atom stereocenters. The van der Waals surface area contributed by atoms with Crippen LogP contribution in [0.25, 0.3) is 11.1 Å². The maximum absolute atomic E-state index is 14.7. The van der Waals surface area contributed by atoms with E-state index in [1.807, 2.05) is 43.0 Å². The third kappa shape index (κ3) is 13.8. The third-order valence-corrected chi connectivity index (χ3v) is 17.7. The lowest BCUT2D eigenvalue weighted by Crippen LogP contribution is -2.62. The summed E-state index contributed by atoms with van der Waals surface area (Å²) in [5.41, 5.74) is -2.18. The second-order valence-electron chi connectivity index (χ2n) is 21.6. The molecule has 0 bridgehead atoms. The van der Waals surface area contributed by atoms with Gasteiger partial charge in [-0.15, -0.1) is 0 Å². The van der Waals surface area contributed by atoms with Gasteiger partial charge in [-0.25, -0.2) is 14.4 Å². The van der Waals surface area contributed by atoms with Crippen molar-refractivity contribution in [1.29, 1.82) is 0 Å². The number of ketones is 1. The zero-order chi connectivity index (χ0) is 55.2. The van der Waals surface area contributed by atoms with Crippen molar-refractivity contribution in [3.8, 4) is 11.1 Å². The standard InChI is InChI=1S/C53H83FIN5O14/c1-27-22-52(8,70-14)46(29(3)40(38-23-51(7,69-13)45(65)32(6)72-38)30(4)47(66)74-49(55)53(9,67)44(64)31(5)41(27)62)73-48-42(63)37(21-28(2)71-48)60(11)20-19-39(61)59-36(24-54)43(68-12)34-17-15-33(16-18-34)35-25-57-50(56-10)58-26-35/h15-18,25-32,36-38,40,42-46,48-49,63-65,67H,19-24H2,1-14H3,(H,59,61)(H,56,57,58)/t27-,28-,29+,30-,31+,32+,36-,37+,38-,40?,42-,43-,44-,45+,46-,48+,49+,51-,52-,53+/m1/s1. The summed E-state index contributed by atoms with van der Waals surface area (Å²) in [7, 11) is 7.95. The van der Waals surface area contributed by atoms with Gasteiger partial charge in [-0.05, 0) is 94.1 Å². The van der Waals surface area contributed by atoms with Gasteiger partial charge in [0.25, 0.3) is 0 Å². The summed E-state index contributed by atoms with van der Waals surface area (Å²) >= 11 is 1.76. The summed E-state index contributed by atoms with van der Waals surface area (Å²) in [6, 6.07) is 5.72. The number of cyclic esters (lactones) is 1. The van der Waals surface area contributed by atoms with Crippen LogP contribution in [0.1, 0.15) is 99.7 Å². The predicted molar refractivity (Wildman–Crippen MR) is 282 cm³/mol. The first kappa shape index (κ1) is 61.8. The second-order valence-corrected chi connectivity index (χ2v) is 22.7. The number of alkyl halides is 2. The molecule has 0 spiro atoms. The second kappa shape index (κ2) is 26.1. The number of hydrogen-bond acceptors (Lipinski definition) is 18. The molecule has 74 heavy (non-hydrogen) atoms. The number of halogens is 2. The predicted octanol–water partition coefficient (Wildman–Crippen LogP) is 4.80. The Morgan fingerprint density at radius 3 is 2.11 bits per heavy atom. The van der Waals surface area contributed by atoms with E-state index in [0.29, 0.717) is 17.9 Å². The van der Waals surface area contributed by atoms with E-state index in [1.165, 1.54) is 35.2 Å². The molecular formula is C53H83FIN5O14. The minimum atomic E-state index is -2.03. The lowest BCUT2D eigenvalue weighted by molar-refractivity contribution is -0.305. The molecule has 3 aliphatic rings. The summed E-state index contributed by atoms with van der Waals surface area (Å²) in [6.07, 6.45) is -5.19. The molecule has 3 aliphatic heterocycles. The van der Waals surface area contributed by atoms with E-state index in [9.17, 15) is 39.2 Å². The molecule has 1 aromatic carbocycles. The number of esters is 1. The fraction of sp³-hybridized carbons (Fsp3) is 0.755. The fourth-order valence-electron chi connectivity index (χ4n) is 11.4. The van der Waals surface area contributed by atoms with Gasteiger partial charge in [0.05, 0.1) is 53.7 Å². The molecule has 5 rings (SSSR count). The Morgan fingerprint density at radius 1 is 0.919 bits per heavy atom. The van der Waals surface area contributed by atoms with Crippen molar-refractivity contribution in [2.75, 3.05) is 54.0 Å². The fourth-order valence-corrected chi connectivity index (χ4v) is 12.0. The number of hydrogen-bond donors (Lipinski definition) is 6. The van der Waals surface area contributed by atoms with E-state index in [4.69, 9.17) is 33.2 Å². The average molecular weight is 1160 g/mol. The molecule has 6 N–H and O–H groups in total. The molecule has 3 saturated heterocycles. The van der Waals surface area contributed by atoms with E-state index >= 15 is 0 Å². The number of benzene rings is 1. The van der Waals surface area contributed by atoms with Crippen LogP contribution in [0.15, 0.2) is 36.7 Å². The first-order valence-electron chi connectivity index (χ1n) is 25.6. The van der Waals surface area contributed by atoms with Crippen molar-refractivity contribution in [2.24, 2.45) is 29.6 Å². The highest BCUT2D eigenvalue weighted by Crippen LogP contribution is 2.46. The maximum atomic E-state index is 14.7. The minimum absolute atomic E-state index is 0.0408. The SMILES string of the molecule is CNc1ncc(-c2ccc([C@@H](OC)[C@@H](CF)NC(=O)CCN(C)[C@H]3C[C@@H](C)O[C@@H](O[C@@H]4[C@@H](C)C([C@H]5C[C@@](C)(OC)[C@@H](O)[C@H](C)O5)[C@@H](C)C(=O)O[C@H](I)[C@@](C)(O)[C@H](O)[C@@H](C)C(=O)[C@H](C)C[C@@]4(C)OC)[C@@H]3O)cc2)cn1. The van der Waals surface area contributed by atoms with Gasteiger partial charge < -0.3 is 69.1 Å². The number of aromatic nitrogens is 2. The summed E-state index contributed by atoms with van der Waals surface area (Å²) < 4.78 is 57.5. The highest BCUT2D eigenvalue weighted by molar-refractivity contribution is 14.1. The van der Waals surface area contributed by atoms with Gasteiger partial charge in [0.1, 0.15) is 36.4 Å². The van der Waals surface area contributed by atoms with E-state index in [-0.39, 0.29) is 31.6 Å². The van der Waals surface area contributed by atoms with Gasteiger partial charge in [-0.1, -0.05) is 52.0 Å². The number of carbonyl (C=O) groups is 3. The van der Waals surface area contributed by atoms with E-state index in [2.05, 4.69) is 20.6 Å². The van der Waals surface area contributed by atoms with Crippen LogP contribution >= 0.6 is 22.6 Å². The summed E-state index contributed by atoms with van der Waals surface area (Å²) in [6.45, 7) is 14.5. The minimum Gasteiger partial charge on any atom is -0.448 e. The maximum Gasteiger partial charge on any atom is 0.310 e. The number of aliphatic hydroxyl groups excluding tert-OH is 3. The van der Waals surface area contributed by atoms with Gasteiger partial charge in [0.2, 0.25) is 11.9 Å². The van der Waals surface area contributed by atoms with Crippen molar-refractivity contribution in [2.45, 2.75) is 176 Å². The van der Waals surface area contributed by atoms with E-state index in [0.717, 1.165) is 11.1 Å². The third-order valence-electron chi connectivity index (χ3n) is 16.2. The average Bonchev–Trinajstić information content (AvgIpc) is 3.38. The van der Waals surface area contributed by atoms with Crippen LogP contribution in [0.4, 0.5) is 10.3 Å². The Morgan fingerprint density at radius 2 is 1.54 bits per heavy atom. The number of ether oxygens (including phenoxy) is 7. The van der Waals surface area contributed by atoms with E-state index in [1.54, 1.807) is 83.7 Å². The van der Waals surface area contributed by atoms with Crippen LogP contribution in [0.3, 0.4) is 0 Å². The number of nitrogens with zero attached hydrogens (tertiary/aromatic N) is 3. The molecule has 0 radical (unpaired) electrons. The Hall–Kier alpha value is -3.07. The molecule has 418 valence electrons. The zero-order valence-corrected chi connectivity index (χ0v) is 47.6. The Balaban J connectivity index is 1.41. The highest BCUT2D eigenvalue weighted by atomic mass is 127. The molecule has 4 heterocycles. The highest BCUT2D eigenvalue weighted by Gasteiger charge is 2.56. The van der Waals surface area contributed by atoms with Gasteiger partial charge in [-0.3, -0.25) is 14.4 Å². The number of aliphatic hydroxyl groups is 4. The van der Waals surface area contributed by atoms with Crippen molar-refractivity contribution in [3.05, 3.63) is 42.2 Å². The number of Topliss-reactive ketones (excluding diaryl/α,β-unsaturated/α-hetero) is 1. The van der Waals surface area contributed by atoms with Crippen molar-refractivity contribution in [1.82, 2.24) is 20.2 Å². The Labute approximate surface area is 449 Å². The van der Waals surface area contributed by atoms with Crippen molar-refractivity contribution >= 4 is 46.2 Å². The number of likely N-dealkylation sites (N-methyl/N-ethyl adjacent to an activating group) is 1. The molecule has 1 aromatic heterocycles. The van der Waals surface area contributed by atoms with Gasteiger partial charge in [0.15, 0.2) is 10.4 Å². The summed E-state index contributed by atoms with van der Waals surface area (Å²) in [5.74, 6) is -5.37. The van der Waals surface area contributed by atoms with Crippen LogP contribution in [0.2, 0.25) is 0 Å². The molecule has 0 aliphatic carbocycles. The number of methoxy groups -OCH3 is 3. The lowest BCUT2D eigenvalue weighted by atomic mass is 9.68. The first-order chi connectivity index (χ1) is 34.7. The molecule has 2 aromatic rings. The molecular weight excluding hydrogens is 1080 g/mol. The largest absolute Gasteiger partial charge is 0.448 e. The van der Waals surface area contributed by atoms with Crippen LogP contribution in [0, 0.1) is 29.6 Å². The Bertz CT molecular complexity index is 2150. The van der Waals surface area contributed by atoms with Crippen molar-refractivity contribution < 1.29 is 72.4 Å². The quantitative estimate of drug-likeness (QED) is 0.0751. The number of carbonyl (C=O) groups excluding carboxylic acids is 3. The molecule has 21 heteroatoms. The molecule has 3 fully saturated rings. The van der Waals surface area contributed by atoms with E-state index < -0.39 is 136 Å². The van der Waals surface area contributed by atoms with Crippen LogP contribution in [0.5, 0.6) is 0 Å². The zero-order valence-electron chi connectivity index (χ0n) is 45.5. The van der Waals surface area contributed by atoms with Crippen LogP contribution in [-0.2, 0) is 47.5 Å². The molecule has 0 saturated carbocycles. The Kier molecular flexibility index (Phi) is 21.8. The number of anilines is 1. The summed E-state index contributed by atoms with van der Waals surface area (Å²) in [5, 5.41) is 52.4. The van der Waals surface area contributed by atoms with Crippen molar-refractivity contribution in [3.63, 3.8) is 0 Å². The first-order valence-corrected chi connectivity index (χ1v) is 26.9. The number of nitrogens with one attached hydrogen (secondary N) is 2. The molecule has 19 nitrogen and oxygen atoms in total. The smallest absolute Gasteiger partial charge is 0.310 e. The summed E-state index contributed by atoms with van der Waals surface area (Å²) in [4.78, 5) is 52.6. The van der Waals surface area contributed by atoms with Gasteiger partial charge in [-0.2, -0.15) is 0 Å². The monoisotopic (exact) mass is 1160 g/mol. The molecule has 1 unspecified atom stereocenters. The lowest BCUT2D eigenvalue weighted by Gasteiger charge is -2.52. The number of rotatable bonds is 16.